The topological polar surface area (TPSA) is 55.1 Å². The van der Waals surface area contributed by atoms with Crippen LogP contribution in [0.4, 0.5) is 5.69 Å². The van der Waals surface area contributed by atoms with E-state index in [9.17, 15) is 4.79 Å². The van der Waals surface area contributed by atoms with Gasteiger partial charge in [0.15, 0.2) is 0 Å². The molecule has 0 aromatic heterocycles. The molecule has 1 amide bonds. The van der Waals surface area contributed by atoms with Crippen molar-refractivity contribution in [2.24, 2.45) is 5.73 Å². The number of hydrogen-bond acceptors (Lipinski definition) is 3. The molecule has 0 aliphatic carbocycles. The Morgan fingerprint density at radius 2 is 2.28 bits per heavy atom. The van der Waals surface area contributed by atoms with Crippen molar-refractivity contribution in [2.75, 3.05) is 11.1 Å². The Labute approximate surface area is 113 Å². The van der Waals surface area contributed by atoms with Crippen molar-refractivity contribution in [1.29, 1.82) is 0 Å². The first-order valence-corrected chi connectivity index (χ1v) is 7.41. The highest BCUT2D eigenvalue weighted by Gasteiger charge is 2.21. The molecule has 0 radical (unpaired) electrons. The minimum atomic E-state index is -0.369. The monoisotopic (exact) mass is 264 g/mol. The van der Waals surface area contributed by atoms with Crippen LogP contribution in [0, 0.1) is 6.92 Å². The Balaban J connectivity index is 2.11. The van der Waals surface area contributed by atoms with Gasteiger partial charge in [-0.25, -0.2) is 0 Å². The lowest BCUT2D eigenvalue weighted by Crippen LogP contribution is -2.33. The standard InChI is InChI=1S/C14H20N2OS/c1-9-8-11(14(15)17)5-6-12(9)16-13-4-3-7-18-10(13)2/h5-6,8,10,13,16H,3-4,7H2,1-2H3,(H2,15,17). The van der Waals surface area contributed by atoms with Gasteiger partial charge in [0.1, 0.15) is 0 Å². The van der Waals surface area contributed by atoms with Gasteiger partial charge in [-0.2, -0.15) is 11.8 Å². The SMILES string of the molecule is Cc1cc(C(N)=O)ccc1NC1CCCSC1C. The molecule has 3 nitrogen and oxygen atoms in total. The van der Waals surface area contributed by atoms with Crippen LogP contribution in [0.2, 0.25) is 0 Å². The van der Waals surface area contributed by atoms with Crippen LogP contribution in [-0.2, 0) is 0 Å². The molecule has 3 N–H and O–H groups in total. The normalized spacial score (nSPS) is 23.7. The second-order valence-electron chi connectivity index (χ2n) is 4.86. The molecule has 1 aliphatic rings. The molecule has 2 rings (SSSR count). The molecule has 98 valence electrons. The zero-order valence-corrected chi connectivity index (χ0v) is 11.7. The van der Waals surface area contributed by atoms with Gasteiger partial charge in [-0.1, -0.05) is 6.92 Å². The molecule has 2 unspecified atom stereocenters. The first-order valence-electron chi connectivity index (χ1n) is 6.36. The maximum atomic E-state index is 11.1. The van der Waals surface area contributed by atoms with Crippen LogP contribution in [0.25, 0.3) is 0 Å². The Hall–Kier alpha value is -1.16. The van der Waals surface area contributed by atoms with E-state index in [0.29, 0.717) is 16.9 Å². The summed E-state index contributed by atoms with van der Waals surface area (Å²) in [6, 6.07) is 6.12. The van der Waals surface area contributed by atoms with E-state index in [1.807, 2.05) is 30.8 Å². The zero-order valence-electron chi connectivity index (χ0n) is 10.9. The van der Waals surface area contributed by atoms with Gasteiger partial charge in [0, 0.05) is 22.5 Å². The van der Waals surface area contributed by atoms with Gasteiger partial charge >= 0.3 is 0 Å². The molecular weight excluding hydrogens is 244 g/mol. The summed E-state index contributed by atoms with van der Waals surface area (Å²) >= 11 is 2.02. The van der Waals surface area contributed by atoms with Crippen LogP contribution >= 0.6 is 11.8 Å². The minimum absolute atomic E-state index is 0.369. The Bertz CT molecular complexity index is 447. The third kappa shape index (κ3) is 2.99. The summed E-state index contributed by atoms with van der Waals surface area (Å²) in [5.74, 6) is 0.894. The van der Waals surface area contributed by atoms with Crippen molar-refractivity contribution >= 4 is 23.4 Å². The summed E-state index contributed by atoms with van der Waals surface area (Å²) in [6.45, 7) is 4.28. The van der Waals surface area contributed by atoms with Gasteiger partial charge in [0.25, 0.3) is 0 Å². The van der Waals surface area contributed by atoms with Crippen LogP contribution in [0.3, 0.4) is 0 Å². The highest BCUT2D eigenvalue weighted by atomic mass is 32.2. The number of nitrogens with two attached hydrogens (primary N) is 1. The molecule has 0 spiro atoms. The molecule has 1 fully saturated rings. The van der Waals surface area contributed by atoms with Crippen molar-refractivity contribution < 1.29 is 4.79 Å². The van der Waals surface area contributed by atoms with E-state index >= 15 is 0 Å². The van der Waals surface area contributed by atoms with Crippen molar-refractivity contribution in [2.45, 2.75) is 38.0 Å². The lowest BCUT2D eigenvalue weighted by atomic mass is 10.1. The molecule has 1 saturated heterocycles. The molecule has 4 heteroatoms. The molecule has 1 aliphatic heterocycles. The second-order valence-corrected chi connectivity index (χ2v) is 6.35. The number of hydrogen-bond donors (Lipinski definition) is 2. The Morgan fingerprint density at radius 1 is 1.50 bits per heavy atom. The number of rotatable bonds is 3. The van der Waals surface area contributed by atoms with E-state index in [2.05, 4.69) is 12.2 Å². The van der Waals surface area contributed by atoms with Crippen LogP contribution in [0.1, 0.15) is 35.7 Å². The maximum Gasteiger partial charge on any atom is 0.248 e. The van der Waals surface area contributed by atoms with Gasteiger partial charge in [-0.3, -0.25) is 4.79 Å². The number of nitrogens with one attached hydrogen (secondary N) is 1. The molecule has 0 bridgehead atoms. The number of benzene rings is 1. The smallest absolute Gasteiger partial charge is 0.248 e. The molecule has 0 saturated carbocycles. The summed E-state index contributed by atoms with van der Waals surface area (Å²) < 4.78 is 0. The minimum Gasteiger partial charge on any atom is -0.381 e. The molecular formula is C14H20N2OS. The second kappa shape index (κ2) is 5.65. The average molecular weight is 264 g/mol. The van der Waals surface area contributed by atoms with E-state index in [1.54, 1.807) is 6.07 Å². The van der Waals surface area contributed by atoms with E-state index < -0.39 is 0 Å². The lowest BCUT2D eigenvalue weighted by molar-refractivity contribution is 0.1000. The number of carbonyl (C=O) groups is 1. The van der Waals surface area contributed by atoms with E-state index in [0.717, 1.165) is 11.3 Å². The first-order chi connectivity index (χ1) is 8.58. The van der Waals surface area contributed by atoms with Gasteiger partial charge in [0.2, 0.25) is 5.91 Å². The predicted octanol–water partition coefficient (Wildman–Crippen LogP) is 2.79. The van der Waals surface area contributed by atoms with Gasteiger partial charge in [-0.15, -0.1) is 0 Å². The number of anilines is 1. The summed E-state index contributed by atoms with van der Waals surface area (Å²) in [5.41, 5.74) is 8.04. The van der Waals surface area contributed by atoms with Crippen LogP contribution in [0.5, 0.6) is 0 Å². The fourth-order valence-electron chi connectivity index (χ4n) is 2.29. The quantitative estimate of drug-likeness (QED) is 0.882. The third-order valence-electron chi connectivity index (χ3n) is 3.46. The average Bonchev–Trinajstić information content (AvgIpc) is 2.34. The first kappa shape index (κ1) is 13.3. The highest BCUT2D eigenvalue weighted by molar-refractivity contribution is 8.00. The highest BCUT2D eigenvalue weighted by Crippen LogP contribution is 2.28. The van der Waals surface area contributed by atoms with Crippen molar-refractivity contribution in [1.82, 2.24) is 0 Å². The third-order valence-corrected chi connectivity index (χ3v) is 4.84. The Morgan fingerprint density at radius 3 is 2.89 bits per heavy atom. The van der Waals surface area contributed by atoms with Crippen molar-refractivity contribution in [3.8, 4) is 0 Å². The number of carbonyl (C=O) groups excluding carboxylic acids is 1. The summed E-state index contributed by atoms with van der Waals surface area (Å²) in [5, 5.41) is 4.23. The zero-order chi connectivity index (χ0) is 13.1. The van der Waals surface area contributed by atoms with Crippen LogP contribution in [0.15, 0.2) is 18.2 Å². The van der Waals surface area contributed by atoms with E-state index in [-0.39, 0.29) is 5.91 Å². The van der Waals surface area contributed by atoms with E-state index in [1.165, 1.54) is 18.6 Å². The van der Waals surface area contributed by atoms with Gasteiger partial charge in [0.05, 0.1) is 0 Å². The summed E-state index contributed by atoms with van der Waals surface area (Å²) in [6.07, 6.45) is 2.48. The van der Waals surface area contributed by atoms with Crippen molar-refractivity contribution in [3.63, 3.8) is 0 Å². The molecule has 2 atom stereocenters. The molecule has 1 aromatic rings. The fourth-order valence-corrected chi connectivity index (χ4v) is 3.43. The molecule has 1 aromatic carbocycles. The fraction of sp³-hybridized carbons (Fsp3) is 0.500. The number of amides is 1. The molecule has 1 heterocycles. The van der Waals surface area contributed by atoms with Gasteiger partial charge < -0.3 is 11.1 Å². The summed E-state index contributed by atoms with van der Waals surface area (Å²) in [4.78, 5) is 11.1. The predicted molar refractivity (Wildman–Crippen MR) is 78.3 cm³/mol. The maximum absolute atomic E-state index is 11.1. The van der Waals surface area contributed by atoms with Crippen molar-refractivity contribution in [3.05, 3.63) is 29.3 Å². The van der Waals surface area contributed by atoms with Gasteiger partial charge in [-0.05, 0) is 49.3 Å². The molecule has 18 heavy (non-hydrogen) atoms. The summed E-state index contributed by atoms with van der Waals surface area (Å²) in [7, 11) is 0. The lowest BCUT2D eigenvalue weighted by Gasteiger charge is -2.30. The van der Waals surface area contributed by atoms with E-state index in [4.69, 9.17) is 5.73 Å². The van der Waals surface area contributed by atoms with Crippen LogP contribution in [-0.4, -0.2) is 23.0 Å². The number of aryl methyl sites for hydroxylation is 1. The number of primary amides is 1. The largest absolute Gasteiger partial charge is 0.381 e. The Kier molecular flexibility index (Phi) is 4.17. The van der Waals surface area contributed by atoms with Crippen LogP contribution < -0.4 is 11.1 Å². The number of thioether (sulfide) groups is 1.